The Kier molecular flexibility index (Phi) is 3.85. The monoisotopic (exact) mass is 311 g/mol. The van der Waals surface area contributed by atoms with Gasteiger partial charge in [0.05, 0.1) is 0 Å². The first-order valence-corrected chi connectivity index (χ1v) is 8.83. The van der Waals surface area contributed by atoms with Crippen molar-refractivity contribution < 1.29 is 4.79 Å². The number of nitrogens with zero attached hydrogens (tertiary/aromatic N) is 2. The average molecular weight is 311 g/mol. The Bertz CT molecular complexity index is 720. The van der Waals surface area contributed by atoms with E-state index in [4.69, 9.17) is 0 Å². The van der Waals surface area contributed by atoms with E-state index in [0.29, 0.717) is 18.4 Å². The van der Waals surface area contributed by atoms with Crippen LogP contribution in [0.3, 0.4) is 0 Å². The molecule has 2 fully saturated rings. The average Bonchev–Trinajstić information content (AvgIpc) is 3.04. The van der Waals surface area contributed by atoms with Crippen molar-refractivity contribution in [2.45, 2.75) is 45.3 Å². The molecule has 1 aromatic heterocycles. The van der Waals surface area contributed by atoms with E-state index in [2.05, 4.69) is 52.2 Å². The largest absolute Gasteiger partial charge is 0.352 e. The van der Waals surface area contributed by atoms with Crippen LogP contribution in [0, 0.1) is 5.92 Å². The molecule has 1 amide bonds. The van der Waals surface area contributed by atoms with Crippen LogP contribution in [0.25, 0.3) is 10.9 Å². The number of benzene rings is 1. The zero-order valence-electron chi connectivity index (χ0n) is 13.8. The van der Waals surface area contributed by atoms with Gasteiger partial charge in [-0.05, 0) is 37.3 Å². The highest BCUT2D eigenvalue weighted by atomic mass is 16.1. The maximum atomic E-state index is 11.8. The second-order valence-electron chi connectivity index (χ2n) is 6.98. The number of aryl methyl sites for hydroxylation is 1. The van der Waals surface area contributed by atoms with E-state index >= 15 is 0 Å². The van der Waals surface area contributed by atoms with Gasteiger partial charge in [0.15, 0.2) is 0 Å². The number of amides is 1. The van der Waals surface area contributed by atoms with Gasteiger partial charge in [0.1, 0.15) is 0 Å². The summed E-state index contributed by atoms with van der Waals surface area (Å²) in [7, 11) is 0. The van der Waals surface area contributed by atoms with Crippen LogP contribution in [0.1, 0.15) is 31.7 Å². The van der Waals surface area contributed by atoms with E-state index in [0.717, 1.165) is 32.6 Å². The lowest BCUT2D eigenvalue weighted by Crippen LogP contribution is -2.38. The number of likely N-dealkylation sites (tertiary alicyclic amines) is 1. The van der Waals surface area contributed by atoms with Crippen LogP contribution in [0.15, 0.2) is 30.5 Å². The van der Waals surface area contributed by atoms with Gasteiger partial charge in [-0.25, -0.2) is 0 Å². The number of rotatable bonds is 3. The summed E-state index contributed by atoms with van der Waals surface area (Å²) in [6.45, 7) is 6.27. The smallest absolute Gasteiger partial charge is 0.220 e. The van der Waals surface area contributed by atoms with Crippen molar-refractivity contribution in [1.82, 2.24) is 14.8 Å². The van der Waals surface area contributed by atoms with E-state index in [1.807, 2.05) is 0 Å². The summed E-state index contributed by atoms with van der Waals surface area (Å²) < 4.78 is 2.33. The maximum absolute atomic E-state index is 11.8. The first kappa shape index (κ1) is 14.8. The second-order valence-corrected chi connectivity index (χ2v) is 6.98. The van der Waals surface area contributed by atoms with E-state index in [1.165, 1.54) is 22.9 Å². The summed E-state index contributed by atoms with van der Waals surface area (Å²) >= 11 is 0. The molecular weight excluding hydrogens is 286 g/mol. The van der Waals surface area contributed by atoms with Gasteiger partial charge < -0.3 is 9.88 Å². The number of hydrogen-bond acceptors (Lipinski definition) is 2. The number of carbonyl (C=O) groups is 1. The van der Waals surface area contributed by atoms with Gasteiger partial charge in [0, 0.05) is 55.7 Å². The zero-order valence-corrected chi connectivity index (χ0v) is 13.8. The minimum atomic E-state index is 0.238. The summed E-state index contributed by atoms with van der Waals surface area (Å²) in [4.78, 5) is 14.3. The summed E-state index contributed by atoms with van der Waals surface area (Å²) in [6.07, 6.45) is 5.22. The van der Waals surface area contributed by atoms with Crippen molar-refractivity contribution in [2.75, 3.05) is 13.1 Å². The fraction of sp³-hybridized carbons (Fsp3) is 0.526. The number of carbonyl (C=O) groups excluding carboxylic acids is 1. The Morgan fingerprint density at radius 3 is 3.00 bits per heavy atom. The Morgan fingerprint density at radius 1 is 1.26 bits per heavy atom. The highest BCUT2D eigenvalue weighted by Crippen LogP contribution is 2.28. The van der Waals surface area contributed by atoms with Crippen LogP contribution in [-0.2, 0) is 17.9 Å². The molecule has 0 unspecified atom stereocenters. The van der Waals surface area contributed by atoms with Gasteiger partial charge in [-0.15, -0.1) is 0 Å². The highest BCUT2D eigenvalue weighted by Gasteiger charge is 2.35. The summed E-state index contributed by atoms with van der Waals surface area (Å²) in [6, 6.07) is 9.02. The molecule has 1 N–H and O–H groups in total. The third kappa shape index (κ3) is 2.76. The predicted molar refractivity (Wildman–Crippen MR) is 92.2 cm³/mol. The van der Waals surface area contributed by atoms with E-state index in [-0.39, 0.29) is 5.91 Å². The van der Waals surface area contributed by atoms with Crippen molar-refractivity contribution in [2.24, 2.45) is 5.92 Å². The molecule has 2 atom stereocenters. The molecule has 23 heavy (non-hydrogen) atoms. The van der Waals surface area contributed by atoms with Crippen LogP contribution in [0.5, 0.6) is 0 Å². The van der Waals surface area contributed by atoms with E-state index in [1.54, 1.807) is 0 Å². The predicted octanol–water partition coefficient (Wildman–Crippen LogP) is 2.76. The Balaban J connectivity index is 1.54. The number of fused-ring (bicyclic) bond motifs is 2. The quantitative estimate of drug-likeness (QED) is 0.946. The minimum Gasteiger partial charge on any atom is -0.352 e. The lowest BCUT2D eigenvalue weighted by molar-refractivity contribution is -0.121. The summed E-state index contributed by atoms with van der Waals surface area (Å²) in [5.41, 5.74) is 2.73. The molecule has 0 spiro atoms. The number of hydrogen-bond donors (Lipinski definition) is 1. The van der Waals surface area contributed by atoms with E-state index < -0.39 is 0 Å². The molecule has 1 aromatic carbocycles. The van der Waals surface area contributed by atoms with Gasteiger partial charge in [-0.3, -0.25) is 9.69 Å². The molecule has 0 aliphatic carbocycles. The molecule has 0 bridgehead atoms. The standard InChI is InChI=1S/C19H25N3O/c1-2-22-12-15(16-7-3-4-8-18(16)22)11-21-10-14-6-5-9-19(23)20-17(14)13-21/h3-4,7-8,12,14,17H,2,5-6,9-11,13H2,1H3,(H,20,23)/t14-,17+/m1/s1. The van der Waals surface area contributed by atoms with Crippen molar-refractivity contribution in [3.63, 3.8) is 0 Å². The molecule has 3 heterocycles. The minimum absolute atomic E-state index is 0.238. The van der Waals surface area contributed by atoms with Crippen LogP contribution in [0.2, 0.25) is 0 Å². The normalized spacial score (nSPS) is 25.3. The molecule has 0 saturated carbocycles. The first-order valence-electron chi connectivity index (χ1n) is 8.83. The van der Waals surface area contributed by atoms with Crippen LogP contribution >= 0.6 is 0 Å². The third-order valence-electron chi connectivity index (χ3n) is 5.45. The second kappa shape index (κ2) is 6.00. The van der Waals surface area contributed by atoms with Crippen molar-refractivity contribution in [3.8, 4) is 0 Å². The van der Waals surface area contributed by atoms with Crippen LogP contribution in [-0.4, -0.2) is 34.5 Å². The van der Waals surface area contributed by atoms with Crippen molar-refractivity contribution in [3.05, 3.63) is 36.0 Å². The van der Waals surface area contributed by atoms with Crippen molar-refractivity contribution in [1.29, 1.82) is 0 Å². The molecule has 0 radical (unpaired) electrons. The topological polar surface area (TPSA) is 37.3 Å². The van der Waals surface area contributed by atoms with Gasteiger partial charge in [0.25, 0.3) is 0 Å². The molecular formula is C19H25N3O. The zero-order chi connectivity index (χ0) is 15.8. The van der Waals surface area contributed by atoms with E-state index in [9.17, 15) is 4.79 Å². The number of para-hydroxylation sites is 1. The molecule has 2 aliphatic heterocycles. The molecule has 2 saturated heterocycles. The number of aromatic nitrogens is 1. The molecule has 4 rings (SSSR count). The fourth-order valence-corrected chi connectivity index (χ4v) is 4.30. The van der Waals surface area contributed by atoms with Gasteiger partial charge >= 0.3 is 0 Å². The fourth-order valence-electron chi connectivity index (χ4n) is 4.30. The van der Waals surface area contributed by atoms with Gasteiger partial charge in [-0.1, -0.05) is 18.2 Å². The van der Waals surface area contributed by atoms with Crippen LogP contribution < -0.4 is 5.32 Å². The Labute approximate surface area is 137 Å². The lowest BCUT2D eigenvalue weighted by Gasteiger charge is -2.16. The Hall–Kier alpha value is -1.81. The molecule has 2 aromatic rings. The van der Waals surface area contributed by atoms with Gasteiger partial charge in [0.2, 0.25) is 5.91 Å². The maximum Gasteiger partial charge on any atom is 0.220 e. The highest BCUT2D eigenvalue weighted by molar-refractivity contribution is 5.84. The van der Waals surface area contributed by atoms with Gasteiger partial charge in [-0.2, -0.15) is 0 Å². The summed E-state index contributed by atoms with van der Waals surface area (Å²) in [5.74, 6) is 0.864. The van der Waals surface area contributed by atoms with Crippen LogP contribution in [0.4, 0.5) is 0 Å². The molecule has 4 nitrogen and oxygen atoms in total. The van der Waals surface area contributed by atoms with Crippen molar-refractivity contribution >= 4 is 16.8 Å². The molecule has 4 heteroatoms. The Morgan fingerprint density at radius 2 is 2.13 bits per heavy atom. The molecule has 2 aliphatic rings. The first-order chi connectivity index (χ1) is 11.2. The lowest BCUT2D eigenvalue weighted by atomic mass is 9.99. The summed E-state index contributed by atoms with van der Waals surface area (Å²) in [5, 5.41) is 4.59. The number of nitrogens with one attached hydrogen (secondary N) is 1. The molecule has 122 valence electrons. The SMILES string of the molecule is CCn1cc(CN2C[C@H]3CCCC(=O)N[C@H]3C2)c2ccccc21. The third-order valence-corrected chi connectivity index (χ3v) is 5.45.